The van der Waals surface area contributed by atoms with Gasteiger partial charge < -0.3 is 5.32 Å². The fourth-order valence-electron chi connectivity index (χ4n) is 3.77. The highest BCUT2D eigenvalue weighted by molar-refractivity contribution is 7.92. The van der Waals surface area contributed by atoms with Crippen molar-refractivity contribution in [3.05, 3.63) is 89.0 Å². The van der Waals surface area contributed by atoms with Gasteiger partial charge in [0, 0.05) is 17.8 Å². The lowest BCUT2D eigenvalue weighted by Gasteiger charge is -2.31. The number of carbonyl (C=O) groups is 1. The number of rotatable bonds is 4. The van der Waals surface area contributed by atoms with Gasteiger partial charge in [0.05, 0.1) is 10.6 Å². The van der Waals surface area contributed by atoms with Crippen molar-refractivity contribution < 1.29 is 13.2 Å². The molecule has 0 fully saturated rings. The van der Waals surface area contributed by atoms with E-state index in [-0.39, 0.29) is 10.8 Å². The Balaban J connectivity index is 1.67. The molecule has 0 radical (unpaired) electrons. The van der Waals surface area contributed by atoms with Crippen molar-refractivity contribution in [3.8, 4) is 0 Å². The number of fused-ring (bicyclic) bond motifs is 1. The number of benzene rings is 3. The van der Waals surface area contributed by atoms with E-state index in [0.717, 1.165) is 29.5 Å². The molecule has 0 bridgehead atoms. The van der Waals surface area contributed by atoms with Gasteiger partial charge in [-0.05, 0) is 68.1 Å². The number of nitrogens with one attached hydrogen (secondary N) is 1. The maximum absolute atomic E-state index is 13.2. The molecule has 3 aromatic rings. The minimum atomic E-state index is -3.66. The number of anilines is 2. The van der Waals surface area contributed by atoms with E-state index in [0.29, 0.717) is 23.5 Å². The van der Waals surface area contributed by atoms with Gasteiger partial charge in [0.15, 0.2) is 0 Å². The molecule has 1 amide bonds. The molecule has 1 N–H and O–H groups in total. The van der Waals surface area contributed by atoms with E-state index in [1.807, 2.05) is 44.2 Å². The number of aryl methyl sites for hydroxylation is 3. The minimum Gasteiger partial charge on any atom is -0.322 e. The van der Waals surface area contributed by atoms with E-state index in [2.05, 4.69) is 5.32 Å². The molecule has 1 aliphatic rings. The van der Waals surface area contributed by atoms with Gasteiger partial charge in [-0.2, -0.15) is 0 Å². The zero-order chi connectivity index (χ0) is 21.3. The Labute approximate surface area is 177 Å². The van der Waals surface area contributed by atoms with E-state index in [4.69, 9.17) is 0 Å². The third-order valence-corrected chi connectivity index (χ3v) is 7.22. The van der Waals surface area contributed by atoms with E-state index in [9.17, 15) is 13.2 Å². The van der Waals surface area contributed by atoms with Gasteiger partial charge in [0.2, 0.25) is 0 Å². The lowest BCUT2D eigenvalue weighted by atomic mass is 10.0. The molecule has 0 aliphatic carbocycles. The van der Waals surface area contributed by atoms with Gasteiger partial charge in [0.25, 0.3) is 15.9 Å². The number of carbonyl (C=O) groups excluding carboxylic acids is 1. The van der Waals surface area contributed by atoms with Crippen LogP contribution >= 0.6 is 0 Å². The van der Waals surface area contributed by atoms with Crippen molar-refractivity contribution >= 4 is 27.3 Å². The number of nitrogens with zero attached hydrogens (tertiary/aromatic N) is 1. The smallest absolute Gasteiger partial charge is 0.264 e. The molecule has 0 aromatic heterocycles. The second-order valence-electron chi connectivity index (χ2n) is 7.61. The maximum Gasteiger partial charge on any atom is 0.264 e. The summed E-state index contributed by atoms with van der Waals surface area (Å²) in [5.41, 5.74) is 4.69. The van der Waals surface area contributed by atoms with Crippen molar-refractivity contribution in [1.82, 2.24) is 0 Å². The molecule has 0 saturated heterocycles. The minimum absolute atomic E-state index is 0.204. The highest BCUT2D eigenvalue weighted by atomic mass is 32.2. The summed E-state index contributed by atoms with van der Waals surface area (Å²) in [6, 6.07) is 19.7. The quantitative estimate of drug-likeness (QED) is 0.665. The monoisotopic (exact) mass is 420 g/mol. The van der Waals surface area contributed by atoms with Crippen LogP contribution < -0.4 is 9.62 Å². The molecule has 0 spiro atoms. The van der Waals surface area contributed by atoms with Crippen LogP contribution in [0, 0.1) is 13.8 Å². The molecule has 154 valence electrons. The first-order valence-corrected chi connectivity index (χ1v) is 11.4. The molecule has 3 aromatic carbocycles. The molecule has 1 aliphatic heterocycles. The molecular weight excluding hydrogens is 396 g/mol. The lowest BCUT2D eigenvalue weighted by molar-refractivity contribution is 0.102. The van der Waals surface area contributed by atoms with Crippen molar-refractivity contribution in [1.29, 1.82) is 0 Å². The summed E-state index contributed by atoms with van der Waals surface area (Å²) >= 11 is 0. The van der Waals surface area contributed by atoms with Gasteiger partial charge >= 0.3 is 0 Å². The molecule has 0 unspecified atom stereocenters. The predicted octanol–water partition coefficient (Wildman–Crippen LogP) is 4.70. The second kappa shape index (κ2) is 7.95. The van der Waals surface area contributed by atoms with Gasteiger partial charge in [0.1, 0.15) is 0 Å². The Morgan fingerprint density at radius 1 is 0.967 bits per heavy atom. The summed E-state index contributed by atoms with van der Waals surface area (Å²) < 4.78 is 27.9. The van der Waals surface area contributed by atoms with Crippen LogP contribution in [-0.4, -0.2) is 20.9 Å². The highest BCUT2D eigenvalue weighted by Gasteiger charge is 2.29. The summed E-state index contributed by atoms with van der Waals surface area (Å²) in [6.07, 6.45) is 1.56. The summed E-state index contributed by atoms with van der Waals surface area (Å²) in [6.45, 7) is 4.26. The van der Waals surface area contributed by atoms with Crippen molar-refractivity contribution in [2.24, 2.45) is 0 Å². The van der Waals surface area contributed by atoms with Crippen LogP contribution in [0.5, 0.6) is 0 Å². The van der Waals surface area contributed by atoms with Gasteiger partial charge in [-0.25, -0.2) is 8.42 Å². The number of hydrogen-bond donors (Lipinski definition) is 1. The third-order valence-electron chi connectivity index (χ3n) is 5.39. The summed E-state index contributed by atoms with van der Waals surface area (Å²) in [4.78, 5) is 13.1. The van der Waals surface area contributed by atoms with Gasteiger partial charge in [-0.3, -0.25) is 9.10 Å². The first-order valence-electron chi connectivity index (χ1n) is 9.95. The Hall–Kier alpha value is -3.12. The van der Waals surface area contributed by atoms with Crippen molar-refractivity contribution in [2.45, 2.75) is 31.6 Å². The first kappa shape index (κ1) is 20.2. The third kappa shape index (κ3) is 3.83. The molecule has 0 atom stereocenters. The zero-order valence-corrected chi connectivity index (χ0v) is 17.9. The fraction of sp³-hybridized carbons (Fsp3) is 0.208. The van der Waals surface area contributed by atoms with Crippen LogP contribution in [0.15, 0.2) is 71.6 Å². The van der Waals surface area contributed by atoms with E-state index in [1.54, 1.807) is 36.4 Å². The average Bonchev–Trinajstić information content (AvgIpc) is 2.75. The summed E-state index contributed by atoms with van der Waals surface area (Å²) in [5.74, 6) is -0.204. The highest BCUT2D eigenvalue weighted by Crippen LogP contribution is 2.34. The summed E-state index contributed by atoms with van der Waals surface area (Å²) in [7, 11) is -3.66. The van der Waals surface area contributed by atoms with Crippen molar-refractivity contribution in [3.63, 3.8) is 0 Å². The van der Waals surface area contributed by atoms with E-state index < -0.39 is 10.0 Å². The predicted molar refractivity (Wildman–Crippen MR) is 120 cm³/mol. The molecule has 5 nitrogen and oxygen atoms in total. The van der Waals surface area contributed by atoms with Crippen LogP contribution in [0.1, 0.15) is 33.5 Å². The molecular formula is C24H24N2O3S. The maximum atomic E-state index is 13.2. The largest absolute Gasteiger partial charge is 0.322 e. The summed E-state index contributed by atoms with van der Waals surface area (Å²) in [5, 5.41) is 2.93. The molecule has 30 heavy (non-hydrogen) atoms. The van der Waals surface area contributed by atoms with E-state index >= 15 is 0 Å². The first-order chi connectivity index (χ1) is 14.4. The van der Waals surface area contributed by atoms with Gasteiger partial charge in [-0.15, -0.1) is 0 Å². The van der Waals surface area contributed by atoms with Crippen LogP contribution in [0.25, 0.3) is 0 Å². The number of amides is 1. The van der Waals surface area contributed by atoms with Crippen LogP contribution in [0.2, 0.25) is 0 Å². The SMILES string of the molecule is Cc1ccc(C)c(C(=O)Nc2ccc3c(c2)N(S(=O)(=O)c2ccccc2)CCC3)c1. The fourth-order valence-corrected chi connectivity index (χ4v) is 5.32. The second-order valence-corrected chi connectivity index (χ2v) is 9.47. The lowest BCUT2D eigenvalue weighted by Crippen LogP contribution is -2.35. The average molecular weight is 421 g/mol. The van der Waals surface area contributed by atoms with Crippen molar-refractivity contribution in [2.75, 3.05) is 16.2 Å². The van der Waals surface area contributed by atoms with Crippen LogP contribution in [-0.2, 0) is 16.4 Å². The molecule has 4 rings (SSSR count). The van der Waals surface area contributed by atoms with Crippen LogP contribution in [0.3, 0.4) is 0 Å². The Morgan fingerprint density at radius 2 is 1.73 bits per heavy atom. The number of hydrogen-bond acceptors (Lipinski definition) is 3. The zero-order valence-electron chi connectivity index (χ0n) is 17.1. The Bertz CT molecular complexity index is 1200. The Morgan fingerprint density at radius 3 is 2.50 bits per heavy atom. The van der Waals surface area contributed by atoms with Crippen LogP contribution in [0.4, 0.5) is 11.4 Å². The molecule has 1 heterocycles. The van der Waals surface area contributed by atoms with Gasteiger partial charge in [-0.1, -0.05) is 42.0 Å². The number of sulfonamides is 1. The van der Waals surface area contributed by atoms with E-state index in [1.165, 1.54) is 4.31 Å². The molecule has 0 saturated carbocycles. The normalized spacial score (nSPS) is 13.6. The standard InChI is InChI=1S/C24H24N2O3S/c1-17-10-11-18(2)22(15-17)24(27)25-20-13-12-19-7-6-14-26(23(19)16-20)30(28,29)21-8-4-3-5-9-21/h3-5,8-13,15-16H,6-7,14H2,1-2H3,(H,25,27). The Kier molecular flexibility index (Phi) is 5.35. The molecule has 6 heteroatoms. The topological polar surface area (TPSA) is 66.5 Å².